The largest absolute Gasteiger partial charge is 0.383 e. The Balaban J connectivity index is 2.65. The van der Waals surface area contributed by atoms with E-state index in [9.17, 15) is 0 Å². The number of anilines is 1. The van der Waals surface area contributed by atoms with E-state index < -0.39 is 0 Å². The molecule has 0 aliphatic carbocycles. The Morgan fingerprint density at radius 1 is 1.53 bits per heavy atom. The summed E-state index contributed by atoms with van der Waals surface area (Å²) in [6, 6.07) is 4.00. The topological polar surface area (TPSA) is 34.1 Å². The normalized spacial score (nSPS) is 12.9. The first kappa shape index (κ1) is 12.3. The van der Waals surface area contributed by atoms with Crippen LogP contribution in [-0.4, -0.2) is 24.7 Å². The van der Waals surface area contributed by atoms with Crippen molar-refractivity contribution in [2.45, 2.75) is 19.9 Å². The van der Waals surface area contributed by atoms with Crippen molar-refractivity contribution >= 4 is 17.3 Å². The van der Waals surface area contributed by atoms with Gasteiger partial charge in [0.1, 0.15) is 5.15 Å². The number of ether oxygens (including phenoxy) is 1. The number of hydrogen-bond acceptors (Lipinski definition) is 3. The van der Waals surface area contributed by atoms with Gasteiger partial charge in [0.15, 0.2) is 0 Å². The van der Waals surface area contributed by atoms with E-state index in [1.807, 2.05) is 12.1 Å². The molecule has 0 aliphatic rings. The van der Waals surface area contributed by atoms with Crippen LogP contribution in [0.1, 0.15) is 13.8 Å². The highest BCUT2D eigenvalue weighted by Crippen LogP contribution is 2.15. The summed E-state index contributed by atoms with van der Waals surface area (Å²) in [5.41, 5.74) is 0.978. The zero-order valence-corrected chi connectivity index (χ0v) is 10.1. The maximum atomic E-state index is 5.80. The van der Waals surface area contributed by atoms with Crippen molar-refractivity contribution in [2.75, 3.05) is 19.0 Å². The van der Waals surface area contributed by atoms with Crippen LogP contribution >= 0.6 is 11.6 Å². The van der Waals surface area contributed by atoms with Gasteiger partial charge in [-0.25, -0.2) is 4.98 Å². The molecule has 84 valence electrons. The monoisotopic (exact) mass is 228 g/mol. The summed E-state index contributed by atoms with van der Waals surface area (Å²) in [6.45, 7) is 4.98. The molecule has 15 heavy (non-hydrogen) atoms. The van der Waals surface area contributed by atoms with Crippen molar-refractivity contribution in [3.8, 4) is 0 Å². The molecule has 3 nitrogen and oxygen atoms in total. The molecule has 1 aromatic heterocycles. The van der Waals surface area contributed by atoms with Crippen LogP contribution in [0.15, 0.2) is 18.3 Å². The number of aromatic nitrogens is 1. The molecule has 1 unspecified atom stereocenters. The minimum Gasteiger partial charge on any atom is -0.383 e. The Kier molecular flexibility index (Phi) is 4.85. The van der Waals surface area contributed by atoms with Gasteiger partial charge in [-0.05, 0) is 18.1 Å². The lowest BCUT2D eigenvalue weighted by molar-refractivity contribution is 0.171. The predicted molar refractivity (Wildman–Crippen MR) is 63.4 cm³/mol. The van der Waals surface area contributed by atoms with Crippen molar-refractivity contribution in [2.24, 2.45) is 5.92 Å². The molecule has 0 amide bonds. The van der Waals surface area contributed by atoms with Crippen molar-refractivity contribution in [1.29, 1.82) is 0 Å². The smallest absolute Gasteiger partial charge is 0.131 e. The van der Waals surface area contributed by atoms with Gasteiger partial charge in [-0.2, -0.15) is 0 Å². The highest BCUT2D eigenvalue weighted by atomic mass is 35.5. The summed E-state index contributed by atoms with van der Waals surface area (Å²) >= 11 is 5.80. The van der Waals surface area contributed by atoms with Crippen molar-refractivity contribution < 1.29 is 4.74 Å². The Labute approximate surface area is 95.8 Å². The second-order valence-electron chi connectivity index (χ2n) is 3.82. The molecule has 0 bridgehead atoms. The standard InChI is InChI=1S/C11H17ClN2O/c1-8(2)10(7-15-3)14-9-4-5-13-11(12)6-9/h4-6,8,10H,7H2,1-3H3,(H,13,14). The van der Waals surface area contributed by atoms with Crippen molar-refractivity contribution in [1.82, 2.24) is 4.98 Å². The van der Waals surface area contributed by atoms with Gasteiger partial charge in [-0.15, -0.1) is 0 Å². The zero-order chi connectivity index (χ0) is 11.3. The summed E-state index contributed by atoms with van der Waals surface area (Å²) in [5.74, 6) is 0.497. The first-order valence-corrected chi connectivity index (χ1v) is 5.38. The molecule has 0 aromatic carbocycles. The Hall–Kier alpha value is -0.800. The molecule has 0 radical (unpaired) electrons. The van der Waals surface area contributed by atoms with E-state index in [4.69, 9.17) is 16.3 Å². The molecule has 0 spiro atoms. The zero-order valence-electron chi connectivity index (χ0n) is 9.33. The van der Waals surface area contributed by atoms with Crippen LogP contribution in [0.2, 0.25) is 5.15 Å². The second-order valence-corrected chi connectivity index (χ2v) is 4.20. The number of methoxy groups -OCH3 is 1. The Bertz CT molecular complexity index is 304. The molecule has 4 heteroatoms. The third-order valence-electron chi connectivity index (χ3n) is 2.23. The molecule has 1 atom stereocenters. The first-order chi connectivity index (χ1) is 7.13. The van der Waals surface area contributed by atoms with E-state index in [0.717, 1.165) is 5.69 Å². The second kappa shape index (κ2) is 5.93. The number of halogens is 1. The molecule has 1 aromatic rings. The lowest BCUT2D eigenvalue weighted by atomic mass is 10.1. The van der Waals surface area contributed by atoms with E-state index in [1.54, 1.807) is 13.3 Å². The minimum atomic E-state index is 0.286. The summed E-state index contributed by atoms with van der Waals surface area (Å²) in [5, 5.41) is 3.87. The number of nitrogens with one attached hydrogen (secondary N) is 1. The van der Waals surface area contributed by atoms with Gasteiger partial charge in [0, 0.05) is 19.0 Å². The van der Waals surface area contributed by atoms with E-state index in [0.29, 0.717) is 17.7 Å². The average Bonchev–Trinajstić information content (AvgIpc) is 2.17. The van der Waals surface area contributed by atoms with Crippen LogP contribution in [0.5, 0.6) is 0 Å². The van der Waals surface area contributed by atoms with Crippen molar-refractivity contribution in [3.05, 3.63) is 23.5 Å². The number of hydrogen-bond donors (Lipinski definition) is 1. The summed E-state index contributed by atoms with van der Waals surface area (Å²) in [7, 11) is 1.70. The van der Waals surface area contributed by atoms with Gasteiger partial charge in [-0.3, -0.25) is 0 Å². The summed E-state index contributed by atoms with van der Waals surface area (Å²) < 4.78 is 5.16. The summed E-state index contributed by atoms with van der Waals surface area (Å²) in [4.78, 5) is 3.93. The maximum absolute atomic E-state index is 5.80. The summed E-state index contributed by atoms with van der Waals surface area (Å²) in [6.07, 6.45) is 1.69. The molecular weight excluding hydrogens is 212 g/mol. The van der Waals surface area contributed by atoms with E-state index >= 15 is 0 Å². The fourth-order valence-corrected chi connectivity index (χ4v) is 1.46. The lowest BCUT2D eigenvalue weighted by Gasteiger charge is -2.22. The van der Waals surface area contributed by atoms with Crippen LogP contribution in [0.25, 0.3) is 0 Å². The van der Waals surface area contributed by atoms with Gasteiger partial charge in [0.05, 0.1) is 12.6 Å². The van der Waals surface area contributed by atoms with Crippen LogP contribution in [0.3, 0.4) is 0 Å². The fourth-order valence-electron chi connectivity index (χ4n) is 1.29. The van der Waals surface area contributed by atoms with E-state index in [-0.39, 0.29) is 6.04 Å². The number of pyridine rings is 1. The van der Waals surface area contributed by atoms with E-state index in [1.165, 1.54) is 0 Å². The van der Waals surface area contributed by atoms with Gasteiger partial charge < -0.3 is 10.1 Å². The third-order valence-corrected chi connectivity index (χ3v) is 2.44. The molecular formula is C11H17ClN2O. The molecule has 1 rings (SSSR count). The fraction of sp³-hybridized carbons (Fsp3) is 0.545. The van der Waals surface area contributed by atoms with Crippen LogP contribution in [-0.2, 0) is 4.74 Å². The van der Waals surface area contributed by atoms with Crippen molar-refractivity contribution in [3.63, 3.8) is 0 Å². The lowest BCUT2D eigenvalue weighted by Crippen LogP contribution is -2.30. The van der Waals surface area contributed by atoms with Gasteiger partial charge in [0.2, 0.25) is 0 Å². The van der Waals surface area contributed by atoms with E-state index in [2.05, 4.69) is 24.1 Å². The molecule has 0 saturated carbocycles. The Morgan fingerprint density at radius 3 is 2.80 bits per heavy atom. The van der Waals surface area contributed by atoms with Gasteiger partial charge >= 0.3 is 0 Å². The first-order valence-electron chi connectivity index (χ1n) is 5.00. The Morgan fingerprint density at radius 2 is 2.27 bits per heavy atom. The molecule has 0 fully saturated rings. The van der Waals surface area contributed by atoms with Crippen LogP contribution < -0.4 is 5.32 Å². The highest BCUT2D eigenvalue weighted by Gasteiger charge is 2.12. The average molecular weight is 229 g/mol. The molecule has 0 aliphatic heterocycles. The highest BCUT2D eigenvalue weighted by molar-refractivity contribution is 6.29. The number of nitrogens with zero attached hydrogens (tertiary/aromatic N) is 1. The quantitative estimate of drug-likeness (QED) is 0.787. The third kappa shape index (κ3) is 4.06. The van der Waals surface area contributed by atoms with Gasteiger partial charge in [0.25, 0.3) is 0 Å². The van der Waals surface area contributed by atoms with Crippen LogP contribution in [0, 0.1) is 5.92 Å². The van der Waals surface area contributed by atoms with Gasteiger partial charge in [-0.1, -0.05) is 25.4 Å². The predicted octanol–water partition coefficient (Wildman–Crippen LogP) is 2.82. The molecule has 1 N–H and O–H groups in total. The minimum absolute atomic E-state index is 0.286. The van der Waals surface area contributed by atoms with Crippen LogP contribution in [0.4, 0.5) is 5.69 Å². The molecule has 1 heterocycles. The number of rotatable bonds is 5. The molecule has 0 saturated heterocycles. The maximum Gasteiger partial charge on any atom is 0.131 e. The SMILES string of the molecule is COCC(Nc1ccnc(Cl)c1)C(C)C.